The minimum atomic E-state index is -3.70. The van der Waals surface area contributed by atoms with Gasteiger partial charge in [0.05, 0.1) is 11.5 Å². The highest BCUT2D eigenvalue weighted by atomic mass is 127. The summed E-state index contributed by atoms with van der Waals surface area (Å²) in [7, 11) is -3.70. The Bertz CT molecular complexity index is 734. The lowest BCUT2D eigenvalue weighted by molar-refractivity contribution is 0.282. The van der Waals surface area contributed by atoms with Gasteiger partial charge in [-0.15, -0.1) is 0 Å². The highest BCUT2D eigenvalue weighted by Crippen LogP contribution is 2.23. The maximum Gasteiger partial charge on any atom is 0.261 e. The van der Waals surface area contributed by atoms with Crippen LogP contribution >= 0.6 is 34.2 Å². The van der Waals surface area contributed by atoms with Gasteiger partial charge in [0.15, 0.2) is 0 Å². The molecule has 0 amide bonds. The van der Waals surface area contributed by atoms with E-state index >= 15 is 0 Å². The van der Waals surface area contributed by atoms with E-state index in [0.29, 0.717) is 11.3 Å². The number of hydrogen-bond donors (Lipinski definition) is 2. The Balaban J connectivity index is 2.33. The van der Waals surface area contributed by atoms with Crippen molar-refractivity contribution in [1.82, 2.24) is 0 Å². The quantitative estimate of drug-likeness (QED) is 0.742. The van der Waals surface area contributed by atoms with Crippen molar-refractivity contribution in [3.8, 4) is 0 Å². The molecule has 0 heterocycles. The predicted octanol–water partition coefficient (Wildman–Crippen LogP) is 3.24. The van der Waals surface area contributed by atoms with Crippen LogP contribution in [0.1, 0.15) is 5.56 Å². The first kappa shape index (κ1) is 15.6. The van der Waals surface area contributed by atoms with Crippen LogP contribution in [0.4, 0.5) is 5.69 Å². The summed E-state index contributed by atoms with van der Waals surface area (Å²) in [5, 5.41) is 9.25. The number of halogens is 2. The molecule has 2 aromatic carbocycles. The lowest BCUT2D eigenvalue weighted by Crippen LogP contribution is -2.13. The zero-order chi connectivity index (χ0) is 14.8. The van der Waals surface area contributed by atoms with Crippen LogP contribution in [0.5, 0.6) is 0 Å². The van der Waals surface area contributed by atoms with Crippen molar-refractivity contribution in [2.24, 2.45) is 0 Å². The molecule has 0 spiro atoms. The van der Waals surface area contributed by atoms with Crippen molar-refractivity contribution >= 4 is 49.9 Å². The van der Waals surface area contributed by atoms with Crippen molar-refractivity contribution in [1.29, 1.82) is 0 Å². The van der Waals surface area contributed by atoms with Crippen LogP contribution in [0.15, 0.2) is 47.4 Å². The summed E-state index contributed by atoms with van der Waals surface area (Å²) in [5.41, 5.74) is 0.971. The van der Waals surface area contributed by atoms with E-state index in [2.05, 4.69) is 27.3 Å². The van der Waals surface area contributed by atoms with Gasteiger partial charge in [-0.1, -0.05) is 23.7 Å². The van der Waals surface area contributed by atoms with Crippen LogP contribution in [0.2, 0.25) is 5.02 Å². The summed E-state index contributed by atoms with van der Waals surface area (Å²) >= 11 is 8.01. The molecule has 0 aliphatic carbocycles. The predicted molar refractivity (Wildman–Crippen MR) is 87.3 cm³/mol. The number of benzene rings is 2. The van der Waals surface area contributed by atoms with Crippen LogP contribution in [0, 0.1) is 3.57 Å². The number of aliphatic hydroxyl groups is 1. The number of sulfonamides is 1. The Morgan fingerprint density at radius 1 is 1.20 bits per heavy atom. The van der Waals surface area contributed by atoms with E-state index in [9.17, 15) is 8.42 Å². The number of nitrogens with one attached hydrogen (secondary N) is 1. The highest BCUT2D eigenvalue weighted by Gasteiger charge is 2.15. The second kappa shape index (κ2) is 6.30. The molecule has 0 radical (unpaired) electrons. The molecule has 0 unspecified atom stereocenters. The topological polar surface area (TPSA) is 66.4 Å². The second-order valence-corrected chi connectivity index (χ2v) is 7.36. The summed E-state index contributed by atoms with van der Waals surface area (Å²) in [6, 6.07) is 11.3. The zero-order valence-electron chi connectivity index (χ0n) is 10.2. The van der Waals surface area contributed by atoms with Gasteiger partial charge in [0, 0.05) is 14.3 Å². The molecule has 20 heavy (non-hydrogen) atoms. The second-order valence-electron chi connectivity index (χ2n) is 4.03. The van der Waals surface area contributed by atoms with E-state index in [4.69, 9.17) is 16.7 Å². The number of anilines is 1. The molecule has 0 aromatic heterocycles. The van der Waals surface area contributed by atoms with Gasteiger partial charge in [-0.25, -0.2) is 8.42 Å². The summed E-state index contributed by atoms with van der Waals surface area (Å²) in [5.74, 6) is 0. The molecule has 7 heteroatoms. The molecule has 2 N–H and O–H groups in total. The molecular formula is C13H11ClINO3S. The fourth-order valence-electron chi connectivity index (χ4n) is 1.59. The largest absolute Gasteiger partial charge is 0.392 e. The Morgan fingerprint density at radius 3 is 2.55 bits per heavy atom. The van der Waals surface area contributed by atoms with Crippen molar-refractivity contribution in [3.05, 3.63) is 56.6 Å². The first-order valence-corrected chi connectivity index (χ1v) is 8.54. The SMILES string of the molecule is O=S(=O)(Nc1cccc(I)c1)c1ccc(CO)c(Cl)c1. The Kier molecular flexibility index (Phi) is 4.90. The Hall–Kier alpha value is -0.830. The van der Waals surface area contributed by atoms with Gasteiger partial charge in [-0.2, -0.15) is 0 Å². The van der Waals surface area contributed by atoms with Gasteiger partial charge in [0.25, 0.3) is 10.0 Å². The third-order valence-electron chi connectivity index (χ3n) is 2.58. The molecular weight excluding hydrogens is 413 g/mol. The van der Waals surface area contributed by atoms with Crippen LogP contribution in [-0.4, -0.2) is 13.5 Å². The molecule has 106 valence electrons. The van der Waals surface area contributed by atoms with Crippen molar-refractivity contribution < 1.29 is 13.5 Å². The van der Waals surface area contributed by atoms with Crippen molar-refractivity contribution in [2.75, 3.05) is 4.72 Å². The smallest absolute Gasteiger partial charge is 0.261 e. The molecule has 0 bridgehead atoms. The standard InChI is InChI=1S/C13H11ClINO3S/c14-13-7-12(5-4-9(13)8-17)20(18,19)16-11-3-1-2-10(15)6-11/h1-7,16-17H,8H2. The highest BCUT2D eigenvalue weighted by molar-refractivity contribution is 14.1. The van der Waals surface area contributed by atoms with E-state index in [0.717, 1.165) is 3.57 Å². The zero-order valence-corrected chi connectivity index (χ0v) is 13.9. The van der Waals surface area contributed by atoms with Gasteiger partial charge < -0.3 is 5.11 Å². The molecule has 0 aliphatic heterocycles. The molecule has 0 fully saturated rings. The number of aliphatic hydroxyl groups excluding tert-OH is 1. The van der Waals surface area contributed by atoms with Crippen molar-refractivity contribution in [2.45, 2.75) is 11.5 Å². The summed E-state index contributed by atoms with van der Waals surface area (Å²) in [4.78, 5) is 0.0542. The maximum absolute atomic E-state index is 12.2. The van der Waals surface area contributed by atoms with E-state index < -0.39 is 10.0 Å². The first-order chi connectivity index (χ1) is 9.42. The van der Waals surface area contributed by atoms with Crippen LogP contribution < -0.4 is 4.72 Å². The monoisotopic (exact) mass is 423 g/mol. The van der Waals surface area contributed by atoms with E-state index in [-0.39, 0.29) is 16.5 Å². The number of hydrogen-bond acceptors (Lipinski definition) is 3. The average Bonchev–Trinajstić information content (AvgIpc) is 2.38. The minimum Gasteiger partial charge on any atom is -0.392 e. The summed E-state index contributed by atoms with van der Waals surface area (Å²) < 4.78 is 27.9. The normalized spacial score (nSPS) is 11.3. The average molecular weight is 424 g/mol. The summed E-state index contributed by atoms with van der Waals surface area (Å²) in [6.07, 6.45) is 0. The molecule has 2 rings (SSSR count). The lowest BCUT2D eigenvalue weighted by Gasteiger charge is -2.09. The Morgan fingerprint density at radius 2 is 1.95 bits per heavy atom. The fourth-order valence-corrected chi connectivity index (χ4v) is 3.51. The lowest BCUT2D eigenvalue weighted by atomic mass is 10.2. The first-order valence-electron chi connectivity index (χ1n) is 5.60. The van der Waals surface area contributed by atoms with Gasteiger partial charge in [-0.3, -0.25) is 4.72 Å². The van der Waals surface area contributed by atoms with E-state index in [1.807, 2.05) is 6.07 Å². The van der Waals surface area contributed by atoms with E-state index in [1.54, 1.807) is 18.2 Å². The third kappa shape index (κ3) is 3.63. The maximum atomic E-state index is 12.2. The molecule has 4 nitrogen and oxygen atoms in total. The van der Waals surface area contributed by atoms with Gasteiger partial charge in [0.1, 0.15) is 0 Å². The summed E-state index contributed by atoms with van der Waals surface area (Å²) in [6.45, 7) is -0.233. The van der Waals surface area contributed by atoms with Crippen LogP contribution in [0.3, 0.4) is 0 Å². The van der Waals surface area contributed by atoms with Crippen molar-refractivity contribution in [3.63, 3.8) is 0 Å². The van der Waals surface area contributed by atoms with Crippen LogP contribution in [0.25, 0.3) is 0 Å². The van der Waals surface area contributed by atoms with Crippen LogP contribution in [-0.2, 0) is 16.6 Å². The number of rotatable bonds is 4. The molecule has 0 saturated heterocycles. The van der Waals surface area contributed by atoms with Gasteiger partial charge >= 0.3 is 0 Å². The molecule has 0 aliphatic rings. The third-order valence-corrected chi connectivity index (χ3v) is 4.98. The van der Waals surface area contributed by atoms with Gasteiger partial charge in [-0.05, 0) is 58.5 Å². The Labute approximate surface area is 136 Å². The molecule has 0 atom stereocenters. The molecule has 0 saturated carbocycles. The minimum absolute atomic E-state index is 0.0542. The van der Waals surface area contributed by atoms with Gasteiger partial charge in [0.2, 0.25) is 0 Å². The molecule has 2 aromatic rings. The fraction of sp³-hybridized carbons (Fsp3) is 0.0769. The van der Waals surface area contributed by atoms with E-state index in [1.165, 1.54) is 18.2 Å².